The zero-order chi connectivity index (χ0) is 13.9. The number of benzene rings is 1. The number of fused-ring (bicyclic) bond motifs is 1. The second-order valence-corrected chi connectivity index (χ2v) is 5.18. The summed E-state index contributed by atoms with van der Waals surface area (Å²) in [4.78, 5) is 23.5. The summed E-state index contributed by atoms with van der Waals surface area (Å²) in [5, 5.41) is 11.9. The molecule has 1 saturated carbocycles. The molecule has 1 heterocycles. The van der Waals surface area contributed by atoms with Crippen LogP contribution in [0.5, 0.6) is 0 Å². The van der Waals surface area contributed by atoms with Gasteiger partial charge in [-0.3, -0.25) is 9.59 Å². The molecule has 1 aliphatic heterocycles. The van der Waals surface area contributed by atoms with Gasteiger partial charge in [0.05, 0.1) is 17.9 Å². The van der Waals surface area contributed by atoms with Crippen molar-refractivity contribution in [1.29, 1.82) is 0 Å². The Balaban J connectivity index is 1.49. The maximum absolute atomic E-state index is 12.0. The molecule has 20 heavy (non-hydrogen) atoms. The molecule has 0 saturated heterocycles. The SMILES string of the molecule is O=C(CNC(=O)C1CNc2ccccc2N1)NC1CC1. The van der Waals surface area contributed by atoms with Crippen molar-refractivity contribution in [1.82, 2.24) is 10.6 Å². The maximum atomic E-state index is 12.0. The molecule has 1 aromatic carbocycles. The maximum Gasteiger partial charge on any atom is 0.244 e. The average Bonchev–Trinajstić information content (AvgIpc) is 3.28. The van der Waals surface area contributed by atoms with Crippen molar-refractivity contribution in [2.45, 2.75) is 24.9 Å². The molecule has 1 aromatic rings. The summed E-state index contributed by atoms with van der Waals surface area (Å²) in [6, 6.07) is 7.69. The number of anilines is 2. The fourth-order valence-corrected chi connectivity index (χ4v) is 2.17. The Morgan fingerprint density at radius 1 is 1.20 bits per heavy atom. The van der Waals surface area contributed by atoms with Gasteiger partial charge in [-0.1, -0.05) is 12.1 Å². The second-order valence-electron chi connectivity index (χ2n) is 5.18. The van der Waals surface area contributed by atoms with Crippen LogP contribution in [0.2, 0.25) is 0 Å². The molecule has 6 nitrogen and oxygen atoms in total. The highest BCUT2D eigenvalue weighted by Gasteiger charge is 2.25. The molecule has 1 unspecified atom stereocenters. The molecule has 0 radical (unpaired) electrons. The predicted octanol–water partition coefficient (Wildman–Crippen LogP) is 0.287. The first-order valence-electron chi connectivity index (χ1n) is 6.89. The van der Waals surface area contributed by atoms with Crippen LogP contribution < -0.4 is 21.3 Å². The molecule has 1 atom stereocenters. The van der Waals surface area contributed by atoms with Gasteiger partial charge in [0.1, 0.15) is 6.04 Å². The molecule has 0 bridgehead atoms. The largest absolute Gasteiger partial charge is 0.381 e. The zero-order valence-corrected chi connectivity index (χ0v) is 11.1. The lowest BCUT2D eigenvalue weighted by Gasteiger charge is -2.27. The standard InChI is InChI=1S/C14H18N4O2/c19-13(17-9-5-6-9)8-16-14(20)12-7-15-10-3-1-2-4-11(10)18-12/h1-4,9,12,15,18H,5-8H2,(H,16,20)(H,17,19). The van der Waals surface area contributed by atoms with Crippen molar-refractivity contribution in [3.8, 4) is 0 Å². The highest BCUT2D eigenvalue weighted by molar-refractivity contribution is 5.91. The van der Waals surface area contributed by atoms with Gasteiger partial charge in [0, 0.05) is 12.6 Å². The van der Waals surface area contributed by atoms with Crippen molar-refractivity contribution in [3.63, 3.8) is 0 Å². The van der Waals surface area contributed by atoms with Crippen molar-refractivity contribution >= 4 is 23.2 Å². The van der Waals surface area contributed by atoms with Crippen LogP contribution in [0.15, 0.2) is 24.3 Å². The normalized spacial score (nSPS) is 20.1. The van der Waals surface area contributed by atoms with E-state index < -0.39 is 0 Å². The van der Waals surface area contributed by atoms with Gasteiger partial charge in [-0.2, -0.15) is 0 Å². The number of nitrogens with one attached hydrogen (secondary N) is 4. The molecule has 1 fully saturated rings. The number of carbonyl (C=O) groups is 2. The van der Waals surface area contributed by atoms with Crippen molar-refractivity contribution in [2.24, 2.45) is 0 Å². The van der Waals surface area contributed by atoms with E-state index in [4.69, 9.17) is 0 Å². The molecule has 106 valence electrons. The van der Waals surface area contributed by atoms with E-state index in [9.17, 15) is 9.59 Å². The lowest BCUT2D eigenvalue weighted by molar-refractivity contribution is -0.126. The van der Waals surface area contributed by atoms with Crippen molar-refractivity contribution in [2.75, 3.05) is 23.7 Å². The molecule has 2 amide bonds. The van der Waals surface area contributed by atoms with Crippen LogP contribution in [-0.4, -0.2) is 37.0 Å². The molecule has 0 aromatic heterocycles. The van der Waals surface area contributed by atoms with Crippen LogP contribution >= 0.6 is 0 Å². The first kappa shape index (κ1) is 12.8. The van der Waals surface area contributed by atoms with Gasteiger partial charge in [0.25, 0.3) is 0 Å². The van der Waals surface area contributed by atoms with Crippen LogP contribution in [0.1, 0.15) is 12.8 Å². The molecule has 0 spiro atoms. The Hall–Kier alpha value is -2.24. The van der Waals surface area contributed by atoms with Crippen LogP contribution in [0.3, 0.4) is 0 Å². The average molecular weight is 274 g/mol. The molecule has 3 rings (SSSR count). The molecule has 2 aliphatic rings. The molecule has 4 N–H and O–H groups in total. The minimum absolute atomic E-state index is 0.0369. The van der Waals surface area contributed by atoms with Gasteiger partial charge in [0.15, 0.2) is 0 Å². The minimum atomic E-state index is -0.362. The summed E-state index contributed by atoms with van der Waals surface area (Å²) in [6.45, 7) is 0.544. The van der Waals surface area contributed by atoms with Gasteiger partial charge < -0.3 is 21.3 Å². The summed E-state index contributed by atoms with van der Waals surface area (Å²) < 4.78 is 0. The third-order valence-electron chi connectivity index (χ3n) is 3.44. The van der Waals surface area contributed by atoms with E-state index in [0.29, 0.717) is 12.6 Å². The Labute approximate surface area is 117 Å². The van der Waals surface area contributed by atoms with E-state index >= 15 is 0 Å². The fourth-order valence-electron chi connectivity index (χ4n) is 2.17. The number of hydrogen-bond acceptors (Lipinski definition) is 4. The van der Waals surface area contributed by atoms with E-state index in [1.807, 2.05) is 24.3 Å². The van der Waals surface area contributed by atoms with E-state index in [1.165, 1.54) is 0 Å². The molecular formula is C14H18N4O2. The van der Waals surface area contributed by atoms with E-state index in [0.717, 1.165) is 24.2 Å². The number of hydrogen-bond donors (Lipinski definition) is 4. The highest BCUT2D eigenvalue weighted by Crippen LogP contribution is 2.25. The van der Waals surface area contributed by atoms with Crippen LogP contribution in [0.4, 0.5) is 11.4 Å². The third-order valence-corrected chi connectivity index (χ3v) is 3.44. The van der Waals surface area contributed by atoms with Crippen LogP contribution in [0, 0.1) is 0 Å². The monoisotopic (exact) mass is 274 g/mol. The Kier molecular flexibility index (Phi) is 3.45. The Morgan fingerprint density at radius 2 is 1.95 bits per heavy atom. The number of carbonyl (C=O) groups excluding carboxylic acids is 2. The summed E-state index contributed by atoms with van der Waals surface area (Å²) in [5.41, 5.74) is 1.89. The first-order valence-corrected chi connectivity index (χ1v) is 6.89. The summed E-state index contributed by atoms with van der Waals surface area (Å²) in [7, 11) is 0. The lowest BCUT2D eigenvalue weighted by atomic mass is 10.1. The molecular weight excluding hydrogens is 256 g/mol. The van der Waals surface area contributed by atoms with Gasteiger partial charge in [0.2, 0.25) is 11.8 Å². The van der Waals surface area contributed by atoms with Gasteiger partial charge in [-0.05, 0) is 25.0 Å². The van der Waals surface area contributed by atoms with Gasteiger partial charge in [-0.25, -0.2) is 0 Å². The highest BCUT2D eigenvalue weighted by atomic mass is 16.2. The van der Waals surface area contributed by atoms with E-state index in [1.54, 1.807) is 0 Å². The van der Waals surface area contributed by atoms with Gasteiger partial charge >= 0.3 is 0 Å². The summed E-state index contributed by atoms with van der Waals surface area (Å²) in [6.07, 6.45) is 2.09. The smallest absolute Gasteiger partial charge is 0.244 e. The summed E-state index contributed by atoms with van der Waals surface area (Å²) >= 11 is 0. The zero-order valence-electron chi connectivity index (χ0n) is 11.1. The predicted molar refractivity (Wildman–Crippen MR) is 76.5 cm³/mol. The van der Waals surface area contributed by atoms with E-state index in [2.05, 4.69) is 21.3 Å². The quantitative estimate of drug-likeness (QED) is 0.636. The third kappa shape index (κ3) is 3.01. The second kappa shape index (κ2) is 5.40. The number of para-hydroxylation sites is 2. The Bertz CT molecular complexity index is 528. The topological polar surface area (TPSA) is 82.3 Å². The van der Waals surface area contributed by atoms with Crippen LogP contribution in [0.25, 0.3) is 0 Å². The van der Waals surface area contributed by atoms with Gasteiger partial charge in [-0.15, -0.1) is 0 Å². The Morgan fingerprint density at radius 3 is 2.70 bits per heavy atom. The molecule has 1 aliphatic carbocycles. The lowest BCUT2D eigenvalue weighted by Crippen LogP contribution is -2.48. The number of amides is 2. The minimum Gasteiger partial charge on any atom is -0.381 e. The number of rotatable bonds is 4. The van der Waals surface area contributed by atoms with Crippen LogP contribution in [-0.2, 0) is 9.59 Å². The van der Waals surface area contributed by atoms with E-state index in [-0.39, 0.29) is 24.4 Å². The summed E-state index contributed by atoms with van der Waals surface area (Å²) in [5.74, 6) is -0.289. The first-order chi connectivity index (χ1) is 9.72. The molecule has 6 heteroatoms. The van der Waals surface area contributed by atoms with Crippen molar-refractivity contribution < 1.29 is 9.59 Å². The van der Waals surface area contributed by atoms with Crippen molar-refractivity contribution in [3.05, 3.63) is 24.3 Å². The fraction of sp³-hybridized carbons (Fsp3) is 0.429.